The molecule has 1 aliphatic rings. The van der Waals surface area contributed by atoms with Crippen LogP contribution >= 0.6 is 0 Å². The van der Waals surface area contributed by atoms with E-state index in [1.54, 1.807) is 0 Å². The maximum absolute atomic E-state index is 11.5. The van der Waals surface area contributed by atoms with E-state index in [4.69, 9.17) is 0 Å². The summed E-state index contributed by atoms with van der Waals surface area (Å²) in [6.45, 7) is 8.45. The van der Waals surface area contributed by atoms with Gasteiger partial charge in [-0.3, -0.25) is 4.79 Å². The van der Waals surface area contributed by atoms with Gasteiger partial charge in [0.2, 0.25) is 5.91 Å². The molecule has 82 valence electrons. The fourth-order valence-electron chi connectivity index (χ4n) is 2.12. The van der Waals surface area contributed by atoms with Crippen LogP contribution in [-0.4, -0.2) is 11.9 Å². The van der Waals surface area contributed by atoms with Crippen LogP contribution in [0.4, 0.5) is 0 Å². The first-order chi connectivity index (χ1) is 6.50. The average Bonchev–Trinajstić information content (AvgIpc) is 2.52. The molecule has 0 aromatic rings. The molecule has 2 heteroatoms. The molecular weight excluding hydrogens is 174 g/mol. The standard InChI is InChI=1S/C12H23NO/c1-8(2)10-5-6-11(7-10)13-12(14)9(3)4/h8-11H,5-7H2,1-4H3,(H,13,14)/t10-,11+/m0/s1. The normalized spacial score (nSPS) is 27.3. The summed E-state index contributed by atoms with van der Waals surface area (Å²) in [7, 11) is 0. The van der Waals surface area contributed by atoms with Gasteiger partial charge in [0.05, 0.1) is 0 Å². The number of hydrogen-bond acceptors (Lipinski definition) is 1. The van der Waals surface area contributed by atoms with Crippen LogP contribution in [-0.2, 0) is 4.79 Å². The van der Waals surface area contributed by atoms with Crippen LogP contribution in [0.15, 0.2) is 0 Å². The number of amides is 1. The molecule has 1 saturated carbocycles. The average molecular weight is 197 g/mol. The topological polar surface area (TPSA) is 29.1 Å². The van der Waals surface area contributed by atoms with Crippen molar-refractivity contribution in [1.29, 1.82) is 0 Å². The second kappa shape index (κ2) is 4.81. The molecule has 1 aliphatic carbocycles. The first-order valence-corrected chi connectivity index (χ1v) is 5.81. The minimum atomic E-state index is 0.119. The third kappa shape index (κ3) is 3.00. The lowest BCUT2D eigenvalue weighted by Crippen LogP contribution is -2.35. The van der Waals surface area contributed by atoms with Gasteiger partial charge in [0.15, 0.2) is 0 Å². The number of carbonyl (C=O) groups excluding carboxylic acids is 1. The summed E-state index contributed by atoms with van der Waals surface area (Å²) >= 11 is 0. The van der Waals surface area contributed by atoms with Crippen molar-refractivity contribution in [2.24, 2.45) is 17.8 Å². The SMILES string of the molecule is CC(C)C(=O)N[C@@H]1CC[C@H](C(C)C)C1. The highest BCUT2D eigenvalue weighted by molar-refractivity contribution is 5.78. The smallest absolute Gasteiger partial charge is 0.222 e. The predicted octanol–water partition coefficient (Wildman–Crippen LogP) is 2.58. The van der Waals surface area contributed by atoms with E-state index in [-0.39, 0.29) is 11.8 Å². The number of rotatable bonds is 3. The number of carbonyl (C=O) groups is 1. The van der Waals surface area contributed by atoms with Gasteiger partial charge in [-0.1, -0.05) is 27.7 Å². The van der Waals surface area contributed by atoms with Crippen molar-refractivity contribution in [2.75, 3.05) is 0 Å². The summed E-state index contributed by atoms with van der Waals surface area (Å²) in [4.78, 5) is 11.5. The maximum atomic E-state index is 11.5. The molecule has 0 unspecified atom stereocenters. The van der Waals surface area contributed by atoms with E-state index in [1.165, 1.54) is 19.3 Å². The highest BCUT2D eigenvalue weighted by Crippen LogP contribution is 2.31. The molecule has 1 N–H and O–H groups in total. The molecule has 0 bridgehead atoms. The third-order valence-electron chi connectivity index (χ3n) is 3.29. The van der Waals surface area contributed by atoms with Crippen molar-refractivity contribution >= 4 is 5.91 Å². The Hall–Kier alpha value is -0.530. The first-order valence-electron chi connectivity index (χ1n) is 5.81. The zero-order valence-electron chi connectivity index (χ0n) is 9.84. The predicted molar refractivity (Wildman–Crippen MR) is 58.9 cm³/mol. The van der Waals surface area contributed by atoms with Gasteiger partial charge in [0, 0.05) is 12.0 Å². The van der Waals surface area contributed by atoms with Gasteiger partial charge >= 0.3 is 0 Å². The van der Waals surface area contributed by atoms with Crippen LogP contribution in [0.2, 0.25) is 0 Å². The van der Waals surface area contributed by atoms with Crippen molar-refractivity contribution in [3.8, 4) is 0 Å². The van der Waals surface area contributed by atoms with E-state index in [0.717, 1.165) is 11.8 Å². The lowest BCUT2D eigenvalue weighted by atomic mass is 9.94. The minimum absolute atomic E-state index is 0.119. The largest absolute Gasteiger partial charge is 0.353 e. The Labute approximate surface area is 87.5 Å². The Morgan fingerprint density at radius 2 is 1.86 bits per heavy atom. The molecule has 2 atom stereocenters. The molecule has 0 radical (unpaired) electrons. The van der Waals surface area contributed by atoms with Gasteiger partial charge in [-0.05, 0) is 31.1 Å². The van der Waals surface area contributed by atoms with E-state index in [1.807, 2.05) is 13.8 Å². The summed E-state index contributed by atoms with van der Waals surface area (Å²) < 4.78 is 0. The third-order valence-corrected chi connectivity index (χ3v) is 3.29. The number of hydrogen-bond donors (Lipinski definition) is 1. The lowest BCUT2D eigenvalue weighted by molar-refractivity contribution is -0.124. The zero-order valence-corrected chi connectivity index (χ0v) is 9.84. The molecule has 1 fully saturated rings. The van der Waals surface area contributed by atoms with E-state index >= 15 is 0 Å². The molecule has 2 nitrogen and oxygen atoms in total. The fraction of sp³-hybridized carbons (Fsp3) is 0.917. The van der Waals surface area contributed by atoms with Crippen molar-refractivity contribution < 1.29 is 4.79 Å². The molecule has 1 amide bonds. The molecule has 0 aromatic carbocycles. The summed E-state index contributed by atoms with van der Waals surface area (Å²) in [5, 5.41) is 3.12. The highest BCUT2D eigenvalue weighted by atomic mass is 16.1. The first kappa shape index (κ1) is 11.5. The van der Waals surface area contributed by atoms with E-state index < -0.39 is 0 Å². The molecule has 1 rings (SSSR count). The fourth-order valence-corrected chi connectivity index (χ4v) is 2.12. The van der Waals surface area contributed by atoms with Crippen LogP contribution in [0.25, 0.3) is 0 Å². The molecule has 0 heterocycles. The Morgan fingerprint density at radius 1 is 1.21 bits per heavy atom. The van der Waals surface area contributed by atoms with Gasteiger partial charge in [0.1, 0.15) is 0 Å². The monoisotopic (exact) mass is 197 g/mol. The van der Waals surface area contributed by atoms with Crippen molar-refractivity contribution in [3.63, 3.8) is 0 Å². The highest BCUT2D eigenvalue weighted by Gasteiger charge is 2.27. The Kier molecular flexibility index (Phi) is 3.97. The number of nitrogens with one attached hydrogen (secondary N) is 1. The summed E-state index contributed by atoms with van der Waals surface area (Å²) in [6, 6.07) is 0.442. The van der Waals surface area contributed by atoms with Crippen LogP contribution in [0, 0.1) is 17.8 Å². The van der Waals surface area contributed by atoms with Crippen molar-refractivity contribution in [3.05, 3.63) is 0 Å². The summed E-state index contributed by atoms with van der Waals surface area (Å²) in [5.74, 6) is 1.90. The van der Waals surface area contributed by atoms with Gasteiger partial charge in [-0.15, -0.1) is 0 Å². The maximum Gasteiger partial charge on any atom is 0.222 e. The van der Waals surface area contributed by atoms with Crippen LogP contribution in [0.1, 0.15) is 47.0 Å². The second-order valence-corrected chi connectivity index (χ2v) is 5.18. The van der Waals surface area contributed by atoms with Gasteiger partial charge in [-0.2, -0.15) is 0 Å². The molecule has 0 saturated heterocycles. The summed E-state index contributed by atoms with van der Waals surface area (Å²) in [5.41, 5.74) is 0. The Bertz CT molecular complexity index is 198. The van der Waals surface area contributed by atoms with E-state index in [2.05, 4.69) is 19.2 Å². The van der Waals surface area contributed by atoms with Crippen molar-refractivity contribution in [1.82, 2.24) is 5.32 Å². The lowest BCUT2D eigenvalue weighted by Gasteiger charge is -2.16. The van der Waals surface area contributed by atoms with Crippen LogP contribution < -0.4 is 5.32 Å². The molecule has 0 spiro atoms. The van der Waals surface area contributed by atoms with Gasteiger partial charge in [0.25, 0.3) is 0 Å². The zero-order chi connectivity index (χ0) is 10.7. The summed E-state index contributed by atoms with van der Waals surface area (Å²) in [6.07, 6.45) is 3.62. The quantitative estimate of drug-likeness (QED) is 0.740. The van der Waals surface area contributed by atoms with E-state index in [0.29, 0.717) is 6.04 Å². The molecule has 0 aromatic heterocycles. The minimum Gasteiger partial charge on any atom is -0.353 e. The van der Waals surface area contributed by atoms with Gasteiger partial charge in [-0.25, -0.2) is 0 Å². The Balaban J connectivity index is 2.32. The Morgan fingerprint density at radius 3 is 2.29 bits per heavy atom. The van der Waals surface area contributed by atoms with E-state index in [9.17, 15) is 4.79 Å². The molecular formula is C12H23NO. The molecule has 0 aliphatic heterocycles. The van der Waals surface area contributed by atoms with Gasteiger partial charge < -0.3 is 5.32 Å². The molecule has 14 heavy (non-hydrogen) atoms. The van der Waals surface area contributed by atoms with Crippen LogP contribution in [0.5, 0.6) is 0 Å². The second-order valence-electron chi connectivity index (χ2n) is 5.18. The van der Waals surface area contributed by atoms with Crippen LogP contribution in [0.3, 0.4) is 0 Å². The van der Waals surface area contributed by atoms with Crippen molar-refractivity contribution in [2.45, 2.75) is 53.0 Å².